The van der Waals surface area contributed by atoms with E-state index in [1.54, 1.807) is 54.5 Å². The number of unbranched alkanes of at least 4 members (excludes halogenated alkanes) is 1. The summed E-state index contributed by atoms with van der Waals surface area (Å²) in [6.07, 6.45) is 8.57. The van der Waals surface area contributed by atoms with Gasteiger partial charge in [0, 0.05) is 24.8 Å². The van der Waals surface area contributed by atoms with E-state index in [4.69, 9.17) is 16.0 Å². The first-order chi connectivity index (χ1) is 25.7. The minimum Gasteiger partial charge on any atom is -0.600 e. The molecule has 6 heterocycles. The predicted octanol–water partition coefficient (Wildman–Crippen LogP) is 3.85. The van der Waals surface area contributed by atoms with E-state index in [2.05, 4.69) is 55.6 Å². The number of pyridine rings is 4. The molecule has 0 fully saturated rings. The van der Waals surface area contributed by atoms with Crippen LogP contribution < -0.4 is 11.3 Å². The Kier molecular flexibility index (Phi) is 18.7. The summed E-state index contributed by atoms with van der Waals surface area (Å²) in [6.45, 7) is 2.48. The van der Waals surface area contributed by atoms with E-state index in [-0.39, 0.29) is 11.6 Å². The highest BCUT2D eigenvalue weighted by Gasteiger charge is 2.16. The fourth-order valence-electron chi connectivity index (χ4n) is 3.47. The Balaban J connectivity index is 0.000000259. The molecule has 0 bridgehead atoms. The van der Waals surface area contributed by atoms with Crippen molar-refractivity contribution in [3.63, 3.8) is 0 Å². The van der Waals surface area contributed by atoms with Gasteiger partial charge in [-0.15, -0.1) is 40.3 Å². The van der Waals surface area contributed by atoms with E-state index >= 15 is 0 Å². The number of hydrazine groups is 1. The van der Waals surface area contributed by atoms with E-state index in [1.165, 1.54) is 25.8 Å². The number of nitrogen functional groups attached to an aromatic ring is 1. The van der Waals surface area contributed by atoms with Crippen LogP contribution in [0.15, 0.2) is 108 Å². The second-order valence-corrected chi connectivity index (χ2v) is 9.64. The van der Waals surface area contributed by atoms with Gasteiger partial charge in [-0.2, -0.15) is 0 Å². The molecule has 0 saturated carbocycles. The third kappa shape index (κ3) is 14.5. The number of nitrogens with one attached hydrogen (secondary N) is 1. The van der Waals surface area contributed by atoms with Crippen LogP contribution in [-0.2, 0) is 4.84 Å². The first kappa shape index (κ1) is 41.7. The maximum Gasteiger partial charge on any atom is 0.218 e. The Labute approximate surface area is 302 Å². The number of aromatic nitrogens is 10. The topological polar surface area (TPSA) is 291 Å². The molecule has 22 nitrogen and oxygen atoms in total. The number of azo groups is 1. The van der Waals surface area contributed by atoms with Gasteiger partial charge in [-0.25, -0.2) is 14.8 Å². The Morgan fingerprint density at radius 3 is 1.38 bits per heavy atom. The Morgan fingerprint density at radius 2 is 1.11 bits per heavy atom. The van der Waals surface area contributed by atoms with E-state index < -0.39 is 5.03 Å². The van der Waals surface area contributed by atoms with Gasteiger partial charge in [0.05, 0.1) is 14.1 Å². The van der Waals surface area contributed by atoms with Crippen molar-refractivity contribution >= 4 is 0 Å². The van der Waals surface area contributed by atoms with Crippen LogP contribution in [0.25, 0.3) is 46.1 Å². The molecule has 0 spiro atoms. The first-order valence-electron chi connectivity index (χ1n) is 15.5. The van der Waals surface area contributed by atoms with Gasteiger partial charge in [0.2, 0.25) is 23.3 Å². The molecule has 0 saturated heterocycles. The number of hydrogen-bond acceptors (Lipinski definition) is 17. The number of nitro groups is 1. The molecule has 4 N–H and O–H groups in total. The van der Waals surface area contributed by atoms with E-state index in [0.29, 0.717) is 45.9 Å². The van der Waals surface area contributed by atoms with Gasteiger partial charge in [0.15, 0.2) is 17.4 Å². The van der Waals surface area contributed by atoms with Crippen LogP contribution in [0.1, 0.15) is 19.8 Å². The highest BCUT2D eigenvalue weighted by Crippen LogP contribution is 2.20. The molecule has 6 aromatic rings. The second kappa shape index (κ2) is 23.8. The molecular formula is C31H38N16O6. The zero-order valence-corrected chi connectivity index (χ0v) is 29.2. The van der Waals surface area contributed by atoms with E-state index in [9.17, 15) is 15.3 Å². The van der Waals surface area contributed by atoms with Crippen molar-refractivity contribution < 1.29 is 19.9 Å². The summed E-state index contributed by atoms with van der Waals surface area (Å²) in [5, 5.41) is 49.4. The van der Waals surface area contributed by atoms with Gasteiger partial charge >= 0.3 is 0 Å². The molecule has 278 valence electrons. The van der Waals surface area contributed by atoms with Gasteiger partial charge in [0.1, 0.15) is 29.4 Å². The lowest BCUT2D eigenvalue weighted by Crippen LogP contribution is -2.13. The second-order valence-electron chi connectivity index (χ2n) is 9.64. The summed E-state index contributed by atoms with van der Waals surface area (Å²) < 4.78 is 2.29. The molecule has 0 aliphatic carbocycles. The third-order valence-corrected chi connectivity index (χ3v) is 6.02. The summed E-state index contributed by atoms with van der Waals surface area (Å²) in [5.41, 5.74) is 4.20. The summed E-state index contributed by atoms with van der Waals surface area (Å²) in [7, 11) is 4.02. The summed E-state index contributed by atoms with van der Waals surface area (Å²) >= 11 is 0. The minimum absolute atomic E-state index is 0.288. The monoisotopic (exact) mass is 730 g/mol. The highest BCUT2D eigenvalue weighted by atomic mass is 16.7. The molecule has 6 aromatic heterocycles. The Morgan fingerprint density at radius 1 is 0.774 bits per heavy atom. The van der Waals surface area contributed by atoms with Crippen LogP contribution in [0, 0.1) is 20.2 Å². The number of hydrogen-bond donors (Lipinski definition) is 3. The molecule has 0 amide bonds. The number of hydroxylamine groups is 1. The van der Waals surface area contributed by atoms with Crippen molar-refractivity contribution in [2.45, 2.75) is 19.8 Å². The maximum atomic E-state index is 10.0. The number of nitrogens with zero attached hydrogens (tertiary/aromatic N) is 14. The van der Waals surface area contributed by atoms with E-state index in [1.807, 2.05) is 55.5 Å². The highest BCUT2D eigenvalue weighted by molar-refractivity contribution is 5.58. The normalized spacial score (nSPS) is 9.92. The Bertz CT molecular complexity index is 1690. The molecule has 22 heteroatoms. The largest absolute Gasteiger partial charge is 0.600 e. The number of rotatable bonds is 9. The molecule has 0 aromatic carbocycles. The smallest absolute Gasteiger partial charge is 0.218 e. The summed E-state index contributed by atoms with van der Waals surface area (Å²) in [5.74, 6) is 7.58. The molecule has 6 rings (SSSR count). The number of nitrogens with two attached hydrogens (primary N) is 1. The zero-order valence-electron chi connectivity index (χ0n) is 29.2. The van der Waals surface area contributed by atoms with Crippen LogP contribution >= 0.6 is 0 Å². The van der Waals surface area contributed by atoms with Crippen LogP contribution in [0.5, 0.6) is 0 Å². The van der Waals surface area contributed by atoms with Crippen molar-refractivity contribution in [3.8, 4) is 46.1 Å². The predicted molar refractivity (Wildman–Crippen MR) is 191 cm³/mol. The summed E-state index contributed by atoms with van der Waals surface area (Å²) in [4.78, 5) is 39.5. The van der Waals surface area contributed by atoms with Gasteiger partial charge in [-0.3, -0.25) is 19.9 Å². The van der Waals surface area contributed by atoms with Gasteiger partial charge in [-0.05, 0) is 60.1 Å². The van der Waals surface area contributed by atoms with Gasteiger partial charge < -0.3 is 21.1 Å². The van der Waals surface area contributed by atoms with Gasteiger partial charge in [0.25, 0.3) is 0 Å². The van der Waals surface area contributed by atoms with Crippen LogP contribution in [0.2, 0.25) is 0 Å². The molecular weight excluding hydrogens is 692 g/mol. The first-order valence-corrected chi connectivity index (χ1v) is 15.5. The Hall–Kier alpha value is -7.52. The average molecular weight is 731 g/mol. The van der Waals surface area contributed by atoms with Crippen molar-refractivity contribution in [1.82, 2.24) is 55.2 Å². The van der Waals surface area contributed by atoms with Crippen molar-refractivity contribution in [2.75, 3.05) is 33.6 Å². The SMILES string of the molecule is CCCCON=O.CN=[N+](C)[O-].CN[N+](=O)[O-].Nn1c(-c2ccccn2)nnc1-c1ccccn1.On1c(-c2ccccn2)nnc1-c1ccccn1. The van der Waals surface area contributed by atoms with Crippen molar-refractivity contribution in [1.29, 1.82) is 0 Å². The molecule has 53 heavy (non-hydrogen) atoms. The lowest BCUT2D eigenvalue weighted by molar-refractivity contribution is -0.538. The van der Waals surface area contributed by atoms with Crippen LogP contribution in [0.4, 0.5) is 0 Å². The third-order valence-electron chi connectivity index (χ3n) is 6.02. The van der Waals surface area contributed by atoms with Gasteiger partial charge in [-0.1, -0.05) is 37.6 Å². The van der Waals surface area contributed by atoms with E-state index in [0.717, 1.165) is 17.6 Å². The molecule has 0 unspecified atom stereocenters. The maximum absolute atomic E-state index is 10.0. The molecule has 0 aliphatic rings. The fourth-order valence-corrected chi connectivity index (χ4v) is 3.47. The van der Waals surface area contributed by atoms with Crippen molar-refractivity contribution in [2.24, 2.45) is 10.5 Å². The quantitative estimate of drug-likeness (QED) is 0.0278. The average Bonchev–Trinajstić information content (AvgIpc) is 3.79. The molecule has 0 atom stereocenters. The van der Waals surface area contributed by atoms with Crippen molar-refractivity contribution in [3.05, 3.63) is 118 Å². The standard InChI is InChI=1S/C12H10N6.C12H9N5O.C4H9NO2.C2H6N2O.CH4N2O2/c13-18-11(9-5-1-3-7-14-9)16-17-12(18)10-6-2-4-8-15-10;18-17-11(9-5-1-3-7-13-9)15-16-12(17)10-6-2-4-8-14-10;1-2-3-4-7-5-6;1-3-4(2)5;1-2-3(4)5/h1-8H,13H2;1-8,18H;2-4H2,1H3;1-2H3;2H,1H3. The van der Waals surface area contributed by atoms with Crippen LogP contribution in [0.3, 0.4) is 0 Å². The minimum atomic E-state index is -0.625. The lowest BCUT2D eigenvalue weighted by Gasteiger charge is -2.02. The lowest BCUT2D eigenvalue weighted by atomic mass is 10.3. The fraction of sp³-hybridized carbons (Fsp3) is 0.226. The summed E-state index contributed by atoms with van der Waals surface area (Å²) in [6, 6.07) is 21.8. The van der Waals surface area contributed by atoms with Crippen LogP contribution in [-0.4, -0.2) is 92.6 Å². The molecule has 0 aliphatic heterocycles. The zero-order chi connectivity index (χ0) is 38.8. The molecule has 0 radical (unpaired) electrons.